The largest absolute Gasteiger partial charge is 0.387 e. The summed E-state index contributed by atoms with van der Waals surface area (Å²) < 4.78 is 82.0. The Morgan fingerprint density at radius 1 is 0.732 bits per heavy atom. The zero-order valence-corrected chi connectivity index (χ0v) is 42.9. The zero-order valence-electron chi connectivity index (χ0n) is 41.2. The number of hydroxylamine groups is 2. The predicted octanol–water partition coefficient (Wildman–Crippen LogP) is 0.725. The number of thiophene rings is 1. The topological polar surface area (TPSA) is 264 Å². The molecule has 0 atom stereocenters. The van der Waals surface area contributed by atoms with Gasteiger partial charge in [-0.25, -0.2) is 22.8 Å². The predicted molar refractivity (Wildman–Crippen MR) is 261 cm³/mol. The van der Waals surface area contributed by atoms with E-state index in [9.17, 15) is 27.6 Å². The van der Waals surface area contributed by atoms with Crippen molar-refractivity contribution in [1.82, 2.24) is 19.6 Å². The van der Waals surface area contributed by atoms with Crippen LogP contribution in [0.5, 0.6) is 0 Å². The first-order chi connectivity index (χ1) is 34.5. The van der Waals surface area contributed by atoms with Gasteiger partial charge in [-0.3, -0.25) is 28.9 Å². The van der Waals surface area contributed by atoms with Gasteiger partial charge in [-0.05, 0) is 37.8 Å². The third kappa shape index (κ3) is 24.2. The summed E-state index contributed by atoms with van der Waals surface area (Å²) in [6.45, 7) is 13.1. The molecule has 71 heavy (non-hydrogen) atoms. The van der Waals surface area contributed by atoms with Crippen LogP contribution < -0.4 is 11.1 Å². The number of amidine groups is 1. The normalized spacial score (nSPS) is 15.2. The quantitative estimate of drug-likeness (QED) is 0.0519. The van der Waals surface area contributed by atoms with Gasteiger partial charge in [0.15, 0.2) is 0 Å². The lowest BCUT2D eigenvalue weighted by Gasteiger charge is -2.38. The van der Waals surface area contributed by atoms with E-state index in [0.717, 1.165) is 38.9 Å². The molecule has 402 valence electrons. The molecule has 3 aliphatic heterocycles. The number of hydrogen-bond donors (Lipinski definition) is 2. The summed E-state index contributed by atoms with van der Waals surface area (Å²) in [5.74, 6) is -1.20. The number of hydrogen-bond acceptors (Lipinski definition) is 20. The van der Waals surface area contributed by atoms with Crippen LogP contribution in [0.3, 0.4) is 0 Å². The second-order valence-corrected chi connectivity index (χ2v) is 19.3. The summed E-state index contributed by atoms with van der Waals surface area (Å²) in [5.41, 5.74) is 7.43. The van der Waals surface area contributed by atoms with Gasteiger partial charge < -0.3 is 58.4 Å². The summed E-state index contributed by atoms with van der Waals surface area (Å²) in [6.07, 6.45) is 5.83. The zero-order chi connectivity index (χ0) is 50.9. The van der Waals surface area contributed by atoms with Gasteiger partial charge in [-0.1, -0.05) is 6.92 Å². The maximum absolute atomic E-state index is 13.2. The molecular formula is C46H74N6O17S2. The minimum atomic E-state index is -3.43. The maximum Gasteiger partial charge on any atom is 0.273 e. The summed E-state index contributed by atoms with van der Waals surface area (Å²) in [6, 6.07) is 1.98. The molecule has 23 nitrogen and oxygen atoms in total. The van der Waals surface area contributed by atoms with Gasteiger partial charge in [-0.15, -0.1) is 11.3 Å². The Labute approximate surface area is 421 Å². The third-order valence-electron chi connectivity index (χ3n) is 10.4. The van der Waals surface area contributed by atoms with E-state index in [1.54, 1.807) is 11.3 Å². The van der Waals surface area contributed by atoms with E-state index in [0.29, 0.717) is 156 Å². The Balaban J connectivity index is 0.835. The van der Waals surface area contributed by atoms with E-state index in [4.69, 9.17) is 57.9 Å². The van der Waals surface area contributed by atoms with Crippen molar-refractivity contribution in [1.29, 1.82) is 0 Å². The molecule has 0 bridgehead atoms. The van der Waals surface area contributed by atoms with Crippen molar-refractivity contribution in [3.8, 4) is 0 Å². The van der Waals surface area contributed by atoms with Gasteiger partial charge in [0.1, 0.15) is 12.4 Å². The standard InChI is InChI=1S/C46H74N6O17S2/c1-3-8-52(69-4-2)46(56)38-31-41-40(49-42(47)32-38)33-39(70-41)30-37-34-50(35-37)71(57,58)29-28-68-27-26-67-25-24-66-23-22-65-21-20-64-19-18-63-17-16-62-15-14-61-13-12-60-11-10-59-9-7-48-43(53)36-51-44(54)5-6-45(51)55/h5-6,31,33,37H,3-4,7-30,32,34-36H2,1-2H3,(H2,47,49)(H,48,53). The second-order valence-electron chi connectivity index (χ2n) is 16.0. The molecule has 0 aromatic carbocycles. The molecule has 4 rings (SSSR count). The molecule has 0 unspecified atom stereocenters. The van der Waals surface area contributed by atoms with E-state index in [1.807, 2.05) is 26.0 Å². The molecule has 1 fully saturated rings. The summed E-state index contributed by atoms with van der Waals surface area (Å²) in [5, 5.41) is 3.97. The molecule has 1 aromatic rings. The van der Waals surface area contributed by atoms with Crippen LogP contribution in [0.1, 0.15) is 36.4 Å². The van der Waals surface area contributed by atoms with E-state index in [-0.39, 0.29) is 56.9 Å². The average Bonchev–Trinajstić information content (AvgIpc) is 3.81. The van der Waals surface area contributed by atoms with Gasteiger partial charge in [0.25, 0.3) is 17.7 Å². The van der Waals surface area contributed by atoms with Crippen molar-refractivity contribution in [2.24, 2.45) is 16.6 Å². The van der Waals surface area contributed by atoms with Crippen LogP contribution in [0.4, 0.5) is 5.69 Å². The highest BCUT2D eigenvalue weighted by atomic mass is 32.2. The molecule has 4 amide bonds. The second kappa shape index (κ2) is 35.4. The molecule has 1 aromatic heterocycles. The Morgan fingerprint density at radius 2 is 1.20 bits per heavy atom. The van der Waals surface area contributed by atoms with Gasteiger partial charge in [-0.2, -0.15) is 0 Å². The number of ether oxygens (including phenoxy) is 10. The highest BCUT2D eigenvalue weighted by molar-refractivity contribution is 7.89. The fourth-order valence-corrected chi connectivity index (χ4v) is 9.45. The number of fused-ring (bicyclic) bond motifs is 1. The fourth-order valence-electron chi connectivity index (χ4n) is 6.80. The number of rotatable bonds is 43. The molecule has 3 aliphatic rings. The lowest BCUT2D eigenvalue weighted by molar-refractivity contribution is -0.180. The van der Waals surface area contributed by atoms with Crippen molar-refractivity contribution < 1.29 is 79.8 Å². The number of sulfonamides is 1. The summed E-state index contributed by atoms with van der Waals surface area (Å²) in [4.78, 5) is 60.8. The lowest BCUT2D eigenvalue weighted by Crippen LogP contribution is -2.51. The first-order valence-electron chi connectivity index (χ1n) is 24.2. The van der Waals surface area contributed by atoms with Crippen molar-refractivity contribution in [3.63, 3.8) is 0 Å². The van der Waals surface area contributed by atoms with E-state index >= 15 is 0 Å². The number of carbonyl (C=O) groups excluding carboxylic acids is 4. The molecule has 3 N–H and O–H groups in total. The minimum absolute atomic E-state index is 0.0825. The lowest BCUT2D eigenvalue weighted by atomic mass is 9.98. The van der Waals surface area contributed by atoms with Crippen LogP contribution >= 0.6 is 11.3 Å². The molecule has 0 aliphatic carbocycles. The Kier molecular flexibility index (Phi) is 29.8. The van der Waals surface area contributed by atoms with Crippen LogP contribution in [0.15, 0.2) is 28.8 Å². The SMILES string of the molecule is CCCN(OCC)C(=O)C1=Cc2sc(CC3CN(S(=O)(=O)CCOCCOCCOCCOCCOCCOCCOCCOCCOCCOCCNC(=O)CN4C(=O)C=CC4=O)C3)cc2N=C(N)C1. The van der Waals surface area contributed by atoms with E-state index < -0.39 is 27.7 Å². The summed E-state index contributed by atoms with van der Waals surface area (Å²) in [7, 11) is -3.43. The number of amides is 4. The van der Waals surface area contributed by atoms with Crippen LogP contribution in [-0.2, 0) is 87.8 Å². The monoisotopic (exact) mass is 1050 g/mol. The molecule has 4 heterocycles. The fraction of sp³-hybridized carbons (Fsp3) is 0.717. The molecule has 1 saturated heterocycles. The number of imide groups is 1. The Bertz CT molecular complexity index is 1920. The average molecular weight is 1050 g/mol. The van der Waals surface area contributed by atoms with E-state index in [2.05, 4.69) is 10.3 Å². The van der Waals surface area contributed by atoms with Gasteiger partial charge in [0, 0.05) is 55.2 Å². The summed E-state index contributed by atoms with van der Waals surface area (Å²) >= 11 is 1.55. The molecule has 0 radical (unpaired) electrons. The van der Waals surface area contributed by atoms with Crippen LogP contribution in [0.25, 0.3) is 6.08 Å². The Morgan fingerprint density at radius 3 is 1.66 bits per heavy atom. The minimum Gasteiger partial charge on any atom is -0.387 e. The van der Waals surface area contributed by atoms with Crippen LogP contribution in [0, 0.1) is 5.92 Å². The van der Waals surface area contributed by atoms with Crippen molar-refractivity contribution in [2.45, 2.75) is 33.1 Å². The highest BCUT2D eigenvalue weighted by Gasteiger charge is 2.36. The number of nitrogens with zero attached hydrogens (tertiary/aromatic N) is 4. The first-order valence-corrected chi connectivity index (χ1v) is 26.6. The number of carbonyl (C=O) groups is 4. The number of aliphatic imine (C=N–C) groups is 1. The molecule has 0 saturated carbocycles. The van der Waals surface area contributed by atoms with Crippen molar-refractivity contribution >= 4 is 62.6 Å². The highest BCUT2D eigenvalue weighted by Crippen LogP contribution is 2.37. The molecule has 25 heteroatoms. The number of nitrogens with one attached hydrogen (secondary N) is 1. The van der Waals surface area contributed by atoms with Crippen LogP contribution in [-0.4, -0.2) is 229 Å². The van der Waals surface area contributed by atoms with E-state index in [1.165, 1.54) is 9.37 Å². The number of nitrogens with two attached hydrogens (primary N) is 1. The van der Waals surface area contributed by atoms with Gasteiger partial charge in [0.2, 0.25) is 15.9 Å². The Hall–Kier alpha value is -3.80. The van der Waals surface area contributed by atoms with Crippen LogP contribution in [0.2, 0.25) is 0 Å². The maximum atomic E-state index is 13.2. The van der Waals surface area contributed by atoms with Crippen molar-refractivity contribution in [2.75, 3.05) is 177 Å². The smallest absolute Gasteiger partial charge is 0.273 e. The molecular weight excluding hydrogens is 973 g/mol. The first kappa shape index (κ1) is 59.8. The van der Waals surface area contributed by atoms with Crippen molar-refractivity contribution in [3.05, 3.63) is 33.5 Å². The van der Waals surface area contributed by atoms with Gasteiger partial charge in [0.05, 0.1) is 155 Å². The third-order valence-corrected chi connectivity index (χ3v) is 13.2. The van der Waals surface area contributed by atoms with Gasteiger partial charge >= 0.3 is 0 Å². The molecule has 0 spiro atoms.